The molecule has 0 saturated carbocycles. The molecular weight excluding hydrogens is 237 g/mol. The minimum absolute atomic E-state index is 0.0379. The first-order chi connectivity index (χ1) is 9.19. The van der Waals surface area contributed by atoms with Gasteiger partial charge in [0.05, 0.1) is 0 Å². The van der Waals surface area contributed by atoms with Gasteiger partial charge in [-0.15, -0.1) is 0 Å². The van der Waals surface area contributed by atoms with Gasteiger partial charge in [0.1, 0.15) is 5.82 Å². The molecule has 0 fully saturated rings. The Bertz CT molecular complexity index is 502. The Morgan fingerprint density at radius 2 is 1.53 bits per heavy atom. The lowest BCUT2D eigenvalue weighted by atomic mass is 9.98. The summed E-state index contributed by atoms with van der Waals surface area (Å²) in [5.74, 6) is -0.191. The van der Waals surface area contributed by atoms with Gasteiger partial charge in [-0.3, -0.25) is 0 Å². The van der Waals surface area contributed by atoms with Crippen molar-refractivity contribution in [1.82, 2.24) is 0 Å². The second kappa shape index (κ2) is 6.48. The molecule has 2 N–H and O–H groups in total. The lowest BCUT2D eigenvalue weighted by molar-refractivity contribution is 0.623. The van der Waals surface area contributed by atoms with Crippen LogP contribution < -0.4 is 5.73 Å². The first-order valence-electron chi connectivity index (χ1n) is 6.78. The molecule has 1 nitrogen and oxygen atoms in total. The van der Waals surface area contributed by atoms with Crippen molar-refractivity contribution in [1.29, 1.82) is 0 Å². The minimum Gasteiger partial charge on any atom is -0.324 e. The van der Waals surface area contributed by atoms with E-state index in [1.165, 1.54) is 23.3 Å². The summed E-state index contributed by atoms with van der Waals surface area (Å²) >= 11 is 0. The van der Waals surface area contributed by atoms with E-state index in [1.54, 1.807) is 0 Å². The van der Waals surface area contributed by atoms with Gasteiger partial charge in [0, 0.05) is 6.04 Å². The fraction of sp³-hybridized carbons (Fsp3) is 0.294. The van der Waals surface area contributed by atoms with E-state index in [9.17, 15) is 4.39 Å². The first-order valence-corrected chi connectivity index (χ1v) is 6.78. The maximum Gasteiger partial charge on any atom is 0.123 e. The third-order valence-electron chi connectivity index (χ3n) is 3.47. The van der Waals surface area contributed by atoms with Crippen molar-refractivity contribution in [3.8, 4) is 0 Å². The Morgan fingerprint density at radius 1 is 0.947 bits per heavy atom. The summed E-state index contributed by atoms with van der Waals surface area (Å²) in [6.07, 6.45) is 2.79. The van der Waals surface area contributed by atoms with E-state index in [0.717, 1.165) is 24.8 Å². The Morgan fingerprint density at radius 3 is 2.11 bits per heavy atom. The molecule has 2 aromatic carbocycles. The van der Waals surface area contributed by atoms with Gasteiger partial charge in [-0.25, -0.2) is 4.39 Å². The van der Waals surface area contributed by atoms with Crippen LogP contribution in [0.1, 0.15) is 36.1 Å². The molecular formula is C17H20FN. The zero-order valence-electron chi connectivity index (χ0n) is 11.3. The van der Waals surface area contributed by atoms with Gasteiger partial charge in [0.2, 0.25) is 0 Å². The van der Waals surface area contributed by atoms with Crippen LogP contribution in [0.25, 0.3) is 0 Å². The van der Waals surface area contributed by atoms with Gasteiger partial charge in [-0.05, 0) is 48.1 Å². The van der Waals surface area contributed by atoms with Gasteiger partial charge >= 0.3 is 0 Å². The number of halogens is 1. The third kappa shape index (κ3) is 3.90. The fourth-order valence-corrected chi connectivity index (χ4v) is 2.14. The molecule has 0 saturated heterocycles. The molecule has 0 aliphatic heterocycles. The molecule has 2 rings (SSSR count). The molecule has 0 spiro atoms. The van der Waals surface area contributed by atoms with E-state index >= 15 is 0 Å². The fourth-order valence-electron chi connectivity index (χ4n) is 2.14. The van der Waals surface area contributed by atoms with Crippen LogP contribution in [0.2, 0.25) is 0 Å². The molecule has 1 atom stereocenters. The molecule has 2 heteroatoms. The van der Waals surface area contributed by atoms with Gasteiger partial charge in [-0.1, -0.05) is 43.3 Å². The first kappa shape index (κ1) is 13.8. The van der Waals surface area contributed by atoms with Crippen LogP contribution in [0, 0.1) is 5.82 Å². The van der Waals surface area contributed by atoms with Crippen molar-refractivity contribution in [2.45, 2.75) is 32.2 Å². The number of hydrogen-bond acceptors (Lipinski definition) is 1. The Labute approximate surface area is 114 Å². The summed E-state index contributed by atoms with van der Waals surface area (Å²) in [4.78, 5) is 0. The van der Waals surface area contributed by atoms with Gasteiger partial charge in [-0.2, -0.15) is 0 Å². The van der Waals surface area contributed by atoms with E-state index in [-0.39, 0.29) is 11.9 Å². The molecule has 2 aromatic rings. The van der Waals surface area contributed by atoms with Crippen LogP contribution >= 0.6 is 0 Å². The topological polar surface area (TPSA) is 26.0 Å². The molecule has 0 heterocycles. The van der Waals surface area contributed by atoms with Gasteiger partial charge in [0.15, 0.2) is 0 Å². The zero-order chi connectivity index (χ0) is 13.7. The third-order valence-corrected chi connectivity index (χ3v) is 3.47. The molecule has 19 heavy (non-hydrogen) atoms. The van der Waals surface area contributed by atoms with E-state index in [0.29, 0.717) is 0 Å². The van der Waals surface area contributed by atoms with Crippen molar-refractivity contribution >= 4 is 0 Å². The SMILES string of the molecule is CCc1ccc(C(N)CCc2ccc(F)cc2)cc1. The highest BCUT2D eigenvalue weighted by Crippen LogP contribution is 2.18. The van der Waals surface area contributed by atoms with Gasteiger partial charge < -0.3 is 5.73 Å². The van der Waals surface area contributed by atoms with Crippen molar-refractivity contribution in [3.05, 3.63) is 71.0 Å². The van der Waals surface area contributed by atoms with E-state index in [4.69, 9.17) is 5.73 Å². The van der Waals surface area contributed by atoms with Crippen molar-refractivity contribution in [3.63, 3.8) is 0 Å². The maximum atomic E-state index is 12.8. The second-order valence-electron chi connectivity index (χ2n) is 4.87. The van der Waals surface area contributed by atoms with E-state index in [2.05, 4.69) is 31.2 Å². The smallest absolute Gasteiger partial charge is 0.123 e. The standard InChI is InChI=1S/C17H20FN/c1-2-13-3-8-15(9-4-13)17(19)12-7-14-5-10-16(18)11-6-14/h3-6,8-11,17H,2,7,12,19H2,1H3. The Hall–Kier alpha value is -1.67. The number of hydrogen-bond donors (Lipinski definition) is 1. The van der Waals surface area contributed by atoms with Crippen molar-refractivity contribution in [2.24, 2.45) is 5.73 Å². The predicted octanol–water partition coefficient (Wildman–Crippen LogP) is 4.02. The highest BCUT2D eigenvalue weighted by molar-refractivity contribution is 5.25. The predicted molar refractivity (Wildman–Crippen MR) is 77.5 cm³/mol. The van der Waals surface area contributed by atoms with Crippen LogP contribution in [0.5, 0.6) is 0 Å². The number of aryl methyl sites for hydroxylation is 2. The second-order valence-corrected chi connectivity index (χ2v) is 4.87. The molecule has 0 aliphatic carbocycles. The monoisotopic (exact) mass is 257 g/mol. The number of rotatable bonds is 5. The van der Waals surface area contributed by atoms with Gasteiger partial charge in [0.25, 0.3) is 0 Å². The summed E-state index contributed by atoms with van der Waals surface area (Å²) in [6.45, 7) is 2.14. The van der Waals surface area contributed by atoms with Crippen LogP contribution in [0.3, 0.4) is 0 Å². The lowest BCUT2D eigenvalue weighted by Crippen LogP contribution is -2.11. The Balaban J connectivity index is 1.93. The molecule has 0 bridgehead atoms. The van der Waals surface area contributed by atoms with Crippen LogP contribution in [-0.2, 0) is 12.8 Å². The lowest BCUT2D eigenvalue weighted by Gasteiger charge is -2.12. The number of benzene rings is 2. The summed E-state index contributed by atoms with van der Waals surface area (Å²) < 4.78 is 12.8. The van der Waals surface area contributed by atoms with Crippen molar-refractivity contribution in [2.75, 3.05) is 0 Å². The highest BCUT2D eigenvalue weighted by atomic mass is 19.1. The summed E-state index contributed by atoms with van der Waals surface area (Å²) in [7, 11) is 0. The highest BCUT2D eigenvalue weighted by Gasteiger charge is 2.06. The zero-order valence-corrected chi connectivity index (χ0v) is 11.3. The molecule has 1 unspecified atom stereocenters. The summed E-state index contributed by atoms with van der Waals surface area (Å²) in [5.41, 5.74) is 9.81. The van der Waals surface area contributed by atoms with Crippen LogP contribution in [-0.4, -0.2) is 0 Å². The average Bonchev–Trinajstić information content (AvgIpc) is 2.46. The maximum absolute atomic E-state index is 12.8. The van der Waals surface area contributed by atoms with Crippen LogP contribution in [0.4, 0.5) is 4.39 Å². The molecule has 0 aromatic heterocycles. The van der Waals surface area contributed by atoms with Crippen molar-refractivity contribution < 1.29 is 4.39 Å². The molecule has 0 aliphatic rings. The van der Waals surface area contributed by atoms with Crippen LogP contribution in [0.15, 0.2) is 48.5 Å². The minimum atomic E-state index is -0.191. The van der Waals surface area contributed by atoms with E-state index < -0.39 is 0 Å². The van der Waals surface area contributed by atoms with E-state index in [1.807, 2.05) is 12.1 Å². The normalized spacial score (nSPS) is 12.4. The molecule has 0 amide bonds. The summed E-state index contributed by atoms with van der Waals surface area (Å²) in [5, 5.41) is 0. The molecule has 100 valence electrons. The summed E-state index contributed by atoms with van der Waals surface area (Å²) in [6, 6.07) is 15.1. The Kier molecular flexibility index (Phi) is 4.69. The molecule has 0 radical (unpaired) electrons. The quantitative estimate of drug-likeness (QED) is 0.860. The number of nitrogens with two attached hydrogens (primary N) is 1. The average molecular weight is 257 g/mol. The largest absolute Gasteiger partial charge is 0.324 e.